The van der Waals surface area contributed by atoms with Crippen molar-refractivity contribution < 1.29 is 9.59 Å². The van der Waals surface area contributed by atoms with Gasteiger partial charge in [0.15, 0.2) is 0 Å². The summed E-state index contributed by atoms with van der Waals surface area (Å²) in [6, 6.07) is 35.3. The van der Waals surface area contributed by atoms with E-state index >= 15 is 0 Å². The number of hydrogen-bond acceptors (Lipinski definition) is 4. The van der Waals surface area contributed by atoms with Crippen molar-refractivity contribution in [1.82, 2.24) is 19.8 Å². The Labute approximate surface area is 293 Å². The van der Waals surface area contributed by atoms with E-state index < -0.39 is 0 Å². The van der Waals surface area contributed by atoms with E-state index in [2.05, 4.69) is 26.3 Å². The van der Waals surface area contributed by atoms with Crippen LogP contribution in [0, 0.1) is 0 Å². The summed E-state index contributed by atoms with van der Waals surface area (Å²) in [6.45, 7) is 16.9. The number of carbonyl (C=O) groups is 2. The number of fused-ring (bicyclic) bond motifs is 2. The minimum Gasteiger partial charge on any atom is -0.331 e. The molecule has 6 rings (SSSR count). The molecule has 2 amide bonds. The van der Waals surface area contributed by atoms with Crippen molar-refractivity contribution in [2.75, 3.05) is 26.2 Å². The summed E-state index contributed by atoms with van der Waals surface area (Å²) in [5.74, 6) is -0.278. The van der Waals surface area contributed by atoms with Gasteiger partial charge >= 0.3 is 0 Å². The summed E-state index contributed by atoms with van der Waals surface area (Å²) < 4.78 is 0. The summed E-state index contributed by atoms with van der Waals surface area (Å²) in [5, 5.41) is 1.45. The van der Waals surface area contributed by atoms with Crippen LogP contribution in [0.25, 0.3) is 55.4 Å². The van der Waals surface area contributed by atoms with Gasteiger partial charge in [0.25, 0.3) is 11.8 Å². The van der Waals surface area contributed by atoms with Crippen molar-refractivity contribution in [2.24, 2.45) is 0 Å². The lowest BCUT2D eigenvalue weighted by atomic mass is 9.96. The Morgan fingerprint density at radius 3 is 1.18 bits per heavy atom. The van der Waals surface area contributed by atoms with Crippen LogP contribution < -0.4 is 0 Å². The first-order valence-corrected chi connectivity index (χ1v) is 16.5. The molecule has 6 nitrogen and oxygen atoms in total. The van der Waals surface area contributed by atoms with Crippen LogP contribution in [0.4, 0.5) is 0 Å². The molecule has 0 aliphatic heterocycles. The molecule has 0 radical (unpaired) electrons. The number of aromatic nitrogens is 2. The number of carbonyl (C=O) groups excluding carboxylic acids is 2. The number of amides is 2. The molecule has 6 heteroatoms. The SMILES string of the molecule is C=CCN(CC=C)C(=O)c1cc(-c2ccccc2)nc2ccc(-c3ccc4nc(-c5ccccc5)cc(C(=O)N(CC=C)CC=C)c4c3)cc12. The third-order valence-corrected chi connectivity index (χ3v) is 8.52. The third-order valence-electron chi connectivity index (χ3n) is 8.52. The Bertz CT molecular complexity index is 2060. The standard InChI is InChI=1S/C44H38N4O2/c1-5-23-47(24-6-2)43(49)37-29-41(31-15-11-9-12-16-31)45-39-21-19-33(27-35(37)39)34-20-22-40-36(28-34)38(44(50)48(25-7-3)26-8-4)30-42(46-40)32-17-13-10-14-18-32/h5-22,27-30H,1-4,23-26H2. The number of pyridine rings is 2. The molecule has 0 spiro atoms. The van der Waals surface area contributed by atoms with Crippen LogP contribution >= 0.6 is 0 Å². The van der Waals surface area contributed by atoms with Crippen molar-refractivity contribution in [2.45, 2.75) is 0 Å². The van der Waals surface area contributed by atoms with Crippen LogP contribution in [0.5, 0.6) is 0 Å². The normalized spacial score (nSPS) is 10.8. The average Bonchev–Trinajstić information content (AvgIpc) is 3.16. The first kappa shape index (κ1) is 33.5. The first-order valence-electron chi connectivity index (χ1n) is 16.5. The molecule has 2 heterocycles. The van der Waals surface area contributed by atoms with Gasteiger partial charge in [-0.3, -0.25) is 9.59 Å². The Morgan fingerprint density at radius 2 is 0.840 bits per heavy atom. The smallest absolute Gasteiger partial charge is 0.255 e. The predicted molar refractivity (Wildman–Crippen MR) is 206 cm³/mol. The summed E-state index contributed by atoms with van der Waals surface area (Å²) >= 11 is 0. The minimum atomic E-state index is -0.139. The highest BCUT2D eigenvalue weighted by atomic mass is 16.2. The van der Waals surface area contributed by atoms with Crippen LogP contribution in [0.3, 0.4) is 0 Å². The quantitative estimate of drug-likeness (QED) is 0.116. The van der Waals surface area contributed by atoms with E-state index in [1.807, 2.05) is 109 Å². The molecular formula is C44H38N4O2. The third kappa shape index (κ3) is 6.91. The number of benzene rings is 4. The zero-order chi connectivity index (χ0) is 35.0. The highest BCUT2D eigenvalue weighted by Crippen LogP contribution is 2.33. The van der Waals surface area contributed by atoms with E-state index in [-0.39, 0.29) is 11.8 Å². The Kier molecular flexibility index (Phi) is 10.2. The van der Waals surface area contributed by atoms with Crippen molar-refractivity contribution in [3.8, 4) is 33.6 Å². The van der Waals surface area contributed by atoms with Crippen LogP contribution in [0.2, 0.25) is 0 Å². The molecule has 0 N–H and O–H groups in total. The summed E-state index contributed by atoms with van der Waals surface area (Å²) in [7, 11) is 0. The largest absolute Gasteiger partial charge is 0.331 e. The number of hydrogen-bond donors (Lipinski definition) is 0. The van der Waals surface area contributed by atoms with Crippen LogP contribution in [0.15, 0.2) is 160 Å². The second kappa shape index (κ2) is 15.2. The fourth-order valence-corrected chi connectivity index (χ4v) is 6.12. The molecule has 4 aromatic carbocycles. The van der Waals surface area contributed by atoms with Crippen LogP contribution in [-0.4, -0.2) is 57.8 Å². The van der Waals surface area contributed by atoms with Gasteiger partial charge in [0.1, 0.15) is 0 Å². The molecule has 0 unspecified atom stereocenters. The molecule has 0 aliphatic rings. The Morgan fingerprint density at radius 1 is 0.480 bits per heavy atom. The fourth-order valence-electron chi connectivity index (χ4n) is 6.12. The molecular weight excluding hydrogens is 617 g/mol. The Hall–Kier alpha value is -6.40. The molecule has 246 valence electrons. The molecule has 0 saturated heterocycles. The van der Waals surface area contributed by atoms with Gasteiger partial charge in [0.05, 0.1) is 33.5 Å². The van der Waals surface area contributed by atoms with Gasteiger partial charge in [-0.25, -0.2) is 9.97 Å². The minimum absolute atomic E-state index is 0.139. The van der Waals surface area contributed by atoms with E-state index in [1.54, 1.807) is 34.1 Å². The maximum Gasteiger partial charge on any atom is 0.255 e. The van der Waals surface area contributed by atoms with Gasteiger partial charge in [-0.2, -0.15) is 0 Å². The van der Waals surface area contributed by atoms with Crippen molar-refractivity contribution in [1.29, 1.82) is 0 Å². The Balaban J connectivity index is 1.53. The van der Waals surface area contributed by atoms with Crippen LogP contribution in [0.1, 0.15) is 20.7 Å². The lowest BCUT2D eigenvalue weighted by Crippen LogP contribution is -2.31. The number of rotatable bonds is 13. The van der Waals surface area contributed by atoms with Gasteiger partial charge in [-0.05, 0) is 47.5 Å². The van der Waals surface area contributed by atoms with E-state index in [1.165, 1.54) is 0 Å². The second-order valence-corrected chi connectivity index (χ2v) is 11.9. The molecule has 6 aromatic rings. The van der Waals surface area contributed by atoms with Gasteiger partial charge in [0.2, 0.25) is 0 Å². The van der Waals surface area contributed by atoms with Crippen LogP contribution in [-0.2, 0) is 0 Å². The van der Waals surface area contributed by atoms with Gasteiger partial charge in [-0.1, -0.05) is 97.1 Å². The fraction of sp³-hybridized carbons (Fsp3) is 0.0909. The summed E-state index contributed by atoms with van der Waals surface area (Å²) in [6.07, 6.45) is 6.85. The van der Waals surface area contributed by atoms with E-state index in [4.69, 9.17) is 9.97 Å². The molecule has 50 heavy (non-hydrogen) atoms. The average molecular weight is 655 g/mol. The van der Waals surface area contributed by atoms with Gasteiger partial charge in [-0.15, -0.1) is 26.3 Å². The van der Waals surface area contributed by atoms with Crippen molar-refractivity contribution in [3.63, 3.8) is 0 Å². The van der Waals surface area contributed by atoms with Gasteiger partial charge in [0, 0.05) is 48.1 Å². The van der Waals surface area contributed by atoms with Crippen molar-refractivity contribution in [3.05, 3.63) is 171 Å². The van der Waals surface area contributed by atoms with Gasteiger partial charge < -0.3 is 9.80 Å². The van der Waals surface area contributed by atoms with Crippen molar-refractivity contribution >= 4 is 33.6 Å². The summed E-state index contributed by atoms with van der Waals surface area (Å²) in [4.78, 5) is 41.6. The maximum absolute atomic E-state index is 14.1. The molecule has 0 aliphatic carbocycles. The molecule has 0 fully saturated rings. The first-order chi connectivity index (χ1) is 24.4. The lowest BCUT2D eigenvalue weighted by molar-refractivity contribution is 0.0785. The molecule has 0 saturated carbocycles. The molecule has 0 atom stereocenters. The predicted octanol–water partition coefficient (Wildman–Crippen LogP) is 9.41. The maximum atomic E-state index is 14.1. The summed E-state index contributed by atoms with van der Waals surface area (Å²) in [5.41, 5.74) is 7.49. The highest BCUT2D eigenvalue weighted by Gasteiger charge is 2.22. The second-order valence-electron chi connectivity index (χ2n) is 11.9. The topological polar surface area (TPSA) is 66.4 Å². The lowest BCUT2D eigenvalue weighted by Gasteiger charge is -2.21. The van der Waals surface area contributed by atoms with E-state index in [9.17, 15) is 9.59 Å². The molecule has 0 bridgehead atoms. The molecule has 2 aromatic heterocycles. The zero-order valence-corrected chi connectivity index (χ0v) is 28.0. The van der Waals surface area contributed by atoms with E-state index in [0.29, 0.717) is 59.7 Å². The highest BCUT2D eigenvalue weighted by molar-refractivity contribution is 6.10. The van der Waals surface area contributed by atoms with E-state index in [0.717, 1.165) is 33.0 Å². The monoisotopic (exact) mass is 654 g/mol. The number of nitrogens with zero attached hydrogens (tertiary/aromatic N) is 4. The zero-order valence-electron chi connectivity index (χ0n) is 28.0.